The van der Waals surface area contributed by atoms with Gasteiger partial charge in [0.05, 0.1) is 12.6 Å². The second-order valence-corrected chi connectivity index (χ2v) is 5.12. The van der Waals surface area contributed by atoms with Gasteiger partial charge in [-0.15, -0.1) is 0 Å². The normalized spacial score (nSPS) is 14.4. The van der Waals surface area contributed by atoms with Crippen molar-refractivity contribution in [3.05, 3.63) is 53.6 Å². The van der Waals surface area contributed by atoms with Crippen LogP contribution in [-0.4, -0.2) is 11.7 Å². The molecule has 20 heavy (non-hydrogen) atoms. The molecule has 1 unspecified atom stereocenters. The first kappa shape index (κ1) is 12.9. The predicted molar refractivity (Wildman–Crippen MR) is 80.4 cm³/mol. The minimum Gasteiger partial charge on any atom is -0.508 e. The maximum Gasteiger partial charge on any atom is 0.122 e. The molecule has 1 aliphatic heterocycles. The van der Waals surface area contributed by atoms with Gasteiger partial charge < -0.3 is 15.2 Å². The van der Waals surface area contributed by atoms with Gasteiger partial charge in [0.1, 0.15) is 11.5 Å². The number of fused-ring (bicyclic) bond motifs is 1. The Morgan fingerprint density at radius 1 is 1.20 bits per heavy atom. The molecule has 0 aliphatic carbocycles. The van der Waals surface area contributed by atoms with Crippen LogP contribution in [0.3, 0.4) is 0 Å². The lowest BCUT2D eigenvalue weighted by molar-refractivity contribution is 0.357. The minimum absolute atomic E-state index is 0.246. The largest absolute Gasteiger partial charge is 0.508 e. The molecule has 104 valence electrons. The van der Waals surface area contributed by atoms with E-state index >= 15 is 0 Å². The van der Waals surface area contributed by atoms with Crippen molar-refractivity contribution in [2.75, 3.05) is 11.9 Å². The molecule has 0 amide bonds. The summed E-state index contributed by atoms with van der Waals surface area (Å²) in [5.41, 5.74) is 3.58. The molecule has 2 N–H and O–H groups in total. The third-order valence-corrected chi connectivity index (χ3v) is 3.73. The summed E-state index contributed by atoms with van der Waals surface area (Å²) in [6, 6.07) is 13.9. The molecule has 1 atom stereocenters. The lowest BCUT2D eigenvalue weighted by Crippen LogP contribution is -2.09. The van der Waals surface area contributed by atoms with Gasteiger partial charge in [-0.25, -0.2) is 0 Å². The maximum atomic E-state index is 9.37. The average Bonchev–Trinajstić information content (AvgIpc) is 2.93. The summed E-state index contributed by atoms with van der Waals surface area (Å²) in [4.78, 5) is 0. The van der Waals surface area contributed by atoms with E-state index < -0.39 is 0 Å². The Kier molecular flexibility index (Phi) is 3.50. The number of aromatic hydroxyl groups is 1. The zero-order valence-electron chi connectivity index (χ0n) is 11.6. The van der Waals surface area contributed by atoms with Gasteiger partial charge in [0.2, 0.25) is 0 Å². The van der Waals surface area contributed by atoms with Crippen molar-refractivity contribution in [2.24, 2.45) is 0 Å². The molecule has 0 saturated carbocycles. The van der Waals surface area contributed by atoms with E-state index in [1.54, 1.807) is 12.1 Å². The van der Waals surface area contributed by atoms with E-state index in [1.165, 1.54) is 11.1 Å². The molecule has 0 saturated heterocycles. The van der Waals surface area contributed by atoms with Gasteiger partial charge in [-0.2, -0.15) is 0 Å². The van der Waals surface area contributed by atoms with Crippen LogP contribution >= 0.6 is 0 Å². The summed E-state index contributed by atoms with van der Waals surface area (Å²) >= 11 is 0. The number of rotatable bonds is 4. The molecule has 0 radical (unpaired) electrons. The standard InChI is InChI=1S/C17H19NO2/c1-2-16(12-3-6-15(19)7-4-12)18-14-5-8-17-13(11-14)9-10-20-17/h3-8,11,16,18-19H,2,9-10H2,1H3. The lowest BCUT2D eigenvalue weighted by Gasteiger charge is -2.19. The SMILES string of the molecule is CCC(Nc1ccc2c(c1)CCO2)c1ccc(O)cc1. The third-order valence-electron chi connectivity index (χ3n) is 3.73. The Morgan fingerprint density at radius 2 is 2.00 bits per heavy atom. The van der Waals surface area contributed by atoms with Gasteiger partial charge in [-0.05, 0) is 47.9 Å². The van der Waals surface area contributed by atoms with E-state index in [-0.39, 0.29) is 6.04 Å². The summed E-state index contributed by atoms with van der Waals surface area (Å²) in [6.07, 6.45) is 1.97. The molecule has 3 heteroatoms. The number of anilines is 1. The highest BCUT2D eigenvalue weighted by atomic mass is 16.5. The Balaban J connectivity index is 1.79. The quantitative estimate of drug-likeness (QED) is 0.884. The molecule has 3 rings (SSSR count). The van der Waals surface area contributed by atoms with Crippen molar-refractivity contribution in [2.45, 2.75) is 25.8 Å². The van der Waals surface area contributed by atoms with Crippen molar-refractivity contribution < 1.29 is 9.84 Å². The van der Waals surface area contributed by atoms with Gasteiger partial charge in [-0.1, -0.05) is 19.1 Å². The van der Waals surface area contributed by atoms with Crippen LogP contribution < -0.4 is 10.1 Å². The van der Waals surface area contributed by atoms with Crippen molar-refractivity contribution in [3.63, 3.8) is 0 Å². The van der Waals surface area contributed by atoms with Gasteiger partial charge in [0, 0.05) is 12.1 Å². The number of nitrogens with one attached hydrogen (secondary N) is 1. The molecule has 0 fully saturated rings. The van der Waals surface area contributed by atoms with E-state index in [2.05, 4.69) is 24.4 Å². The molecule has 2 aromatic rings. The van der Waals surface area contributed by atoms with Gasteiger partial charge in [0.15, 0.2) is 0 Å². The van der Waals surface area contributed by atoms with Gasteiger partial charge >= 0.3 is 0 Å². The number of ether oxygens (including phenoxy) is 1. The first-order chi connectivity index (χ1) is 9.76. The Hall–Kier alpha value is -2.16. The molecule has 0 bridgehead atoms. The summed E-state index contributed by atoms with van der Waals surface area (Å²) in [5, 5.41) is 12.9. The summed E-state index contributed by atoms with van der Waals surface area (Å²) in [7, 11) is 0. The smallest absolute Gasteiger partial charge is 0.122 e. The van der Waals surface area contributed by atoms with Crippen LogP contribution in [0, 0.1) is 0 Å². The van der Waals surface area contributed by atoms with Crippen LogP contribution in [0.1, 0.15) is 30.5 Å². The first-order valence-corrected chi connectivity index (χ1v) is 7.07. The lowest BCUT2D eigenvalue weighted by atomic mass is 10.0. The average molecular weight is 269 g/mol. The number of phenols is 1. The fourth-order valence-electron chi connectivity index (χ4n) is 2.61. The van der Waals surface area contributed by atoms with E-state index in [1.807, 2.05) is 18.2 Å². The highest BCUT2D eigenvalue weighted by Gasteiger charge is 2.14. The van der Waals surface area contributed by atoms with Crippen LogP contribution in [0.2, 0.25) is 0 Å². The summed E-state index contributed by atoms with van der Waals surface area (Å²) in [6.45, 7) is 2.94. The molecule has 2 aromatic carbocycles. The number of benzene rings is 2. The zero-order valence-corrected chi connectivity index (χ0v) is 11.6. The van der Waals surface area contributed by atoms with Crippen LogP contribution in [0.4, 0.5) is 5.69 Å². The number of hydrogen-bond donors (Lipinski definition) is 2. The van der Waals surface area contributed by atoms with Crippen molar-refractivity contribution in [1.82, 2.24) is 0 Å². The topological polar surface area (TPSA) is 41.5 Å². The minimum atomic E-state index is 0.246. The fourth-order valence-corrected chi connectivity index (χ4v) is 2.61. The van der Waals surface area contributed by atoms with Gasteiger partial charge in [-0.3, -0.25) is 0 Å². The summed E-state index contributed by atoms with van der Waals surface area (Å²) < 4.78 is 5.53. The second kappa shape index (κ2) is 5.45. The van der Waals surface area contributed by atoms with Crippen LogP contribution in [-0.2, 0) is 6.42 Å². The number of hydrogen-bond acceptors (Lipinski definition) is 3. The predicted octanol–water partition coefficient (Wildman–Crippen LogP) is 3.89. The number of phenolic OH excluding ortho intramolecular Hbond substituents is 1. The highest BCUT2D eigenvalue weighted by Crippen LogP contribution is 2.30. The van der Waals surface area contributed by atoms with Crippen LogP contribution in [0.25, 0.3) is 0 Å². The van der Waals surface area contributed by atoms with E-state index in [9.17, 15) is 5.11 Å². The molecule has 1 aliphatic rings. The molecule has 0 aromatic heterocycles. The summed E-state index contributed by atoms with van der Waals surface area (Å²) in [5.74, 6) is 1.31. The Bertz CT molecular complexity index is 592. The van der Waals surface area contributed by atoms with Crippen LogP contribution in [0.15, 0.2) is 42.5 Å². The molecular weight excluding hydrogens is 250 g/mol. The van der Waals surface area contributed by atoms with E-state index in [4.69, 9.17) is 4.74 Å². The Morgan fingerprint density at radius 3 is 2.75 bits per heavy atom. The zero-order chi connectivity index (χ0) is 13.9. The van der Waals surface area contributed by atoms with E-state index in [0.717, 1.165) is 30.9 Å². The monoisotopic (exact) mass is 269 g/mol. The van der Waals surface area contributed by atoms with Crippen molar-refractivity contribution in [1.29, 1.82) is 0 Å². The third kappa shape index (κ3) is 2.57. The van der Waals surface area contributed by atoms with Crippen LogP contribution in [0.5, 0.6) is 11.5 Å². The van der Waals surface area contributed by atoms with E-state index in [0.29, 0.717) is 5.75 Å². The van der Waals surface area contributed by atoms with Crippen molar-refractivity contribution in [3.8, 4) is 11.5 Å². The first-order valence-electron chi connectivity index (χ1n) is 7.07. The molecular formula is C17H19NO2. The van der Waals surface area contributed by atoms with Crippen molar-refractivity contribution >= 4 is 5.69 Å². The molecule has 1 heterocycles. The fraction of sp³-hybridized carbons (Fsp3) is 0.294. The molecule has 3 nitrogen and oxygen atoms in total. The highest BCUT2D eigenvalue weighted by molar-refractivity contribution is 5.53. The maximum absolute atomic E-state index is 9.37. The second-order valence-electron chi connectivity index (χ2n) is 5.12. The Labute approximate surface area is 119 Å². The van der Waals surface area contributed by atoms with Gasteiger partial charge in [0.25, 0.3) is 0 Å². The molecule has 0 spiro atoms.